The van der Waals surface area contributed by atoms with Crippen molar-refractivity contribution in [1.29, 1.82) is 0 Å². The van der Waals surface area contributed by atoms with Crippen LogP contribution in [0.15, 0.2) is 29.2 Å². The van der Waals surface area contributed by atoms with Gasteiger partial charge in [0.1, 0.15) is 0 Å². The average molecular weight is 412 g/mol. The molecule has 1 aliphatic heterocycles. The van der Waals surface area contributed by atoms with E-state index in [9.17, 15) is 18.0 Å². The Morgan fingerprint density at radius 2 is 1.96 bits per heavy atom. The number of methoxy groups -OCH3 is 1. The molecule has 28 heavy (non-hydrogen) atoms. The summed E-state index contributed by atoms with van der Waals surface area (Å²) in [7, 11) is -2.03. The molecule has 8 nitrogen and oxygen atoms in total. The van der Waals surface area contributed by atoms with Crippen LogP contribution >= 0.6 is 0 Å². The number of nitrogens with zero attached hydrogens (tertiary/aromatic N) is 1. The van der Waals surface area contributed by atoms with Gasteiger partial charge in [0.25, 0.3) is 0 Å². The molecule has 2 amide bonds. The van der Waals surface area contributed by atoms with E-state index < -0.39 is 10.0 Å². The zero-order valence-corrected chi connectivity index (χ0v) is 17.3. The number of hydrogen-bond donors (Lipinski definition) is 2. The topological polar surface area (TPSA) is 105 Å². The van der Waals surface area contributed by atoms with Gasteiger partial charge in [0, 0.05) is 45.5 Å². The fourth-order valence-electron chi connectivity index (χ4n) is 2.98. The quantitative estimate of drug-likeness (QED) is 0.538. The van der Waals surface area contributed by atoms with Crippen molar-refractivity contribution in [2.75, 3.05) is 38.7 Å². The summed E-state index contributed by atoms with van der Waals surface area (Å²) in [4.78, 5) is 26.3. The van der Waals surface area contributed by atoms with Crippen molar-refractivity contribution in [2.45, 2.75) is 37.5 Å². The number of rotatable bonds is 11. The first-order valence-electron chi connectivity index (χ1n) is 9.54. The van der Waals surface area contributed by atoms with Crippen LogP contribution in [-0.4, -0.2) is 58.5 Å². The molecule has 1 unspecified atom stereocenters. The van der Waals surface area contributed by atoms with E-state index in [0.29, 0.717) is 38.3 Å². The van der Waals surface area contributed by atoms with Gasteiger partial charge in [-0.3, -0.25) is 9.59 Å². The molecule has 1 atom stereocenters. The van der Waals surface area contributed by atoms with Crippen LogP contribution in [0.2, 0.25) is 0 Å². The first-order valence-corrected chi connectivity index (χ1v) is 11.0. The van der Waals surface area contributed by atoms with E-state index in [1.165, 1.54) is 12.1 Å². The fraction of sp³-hybridized carbons (Fsp3) is 0.579. The monoisotopic (exact) mass is 411 g/mol. The molecule has 1 saturated heterocycles. The Morgan fingerprint density at radius 1 is 1.25 bits per heavy atom. The number of ether oxygens (including phenoxy) is 1. The van der Waals surface area contributed by atoms with Gasteiger partial charge in [-0.05, 0) is 37.1 Å². The maximum absolute atomic E-state index is 12.4. The number of anilines is 1. The van der Waals surface area contributed by atoms with Crippen LogP contribution in [0, 0.1) is 5.92 Å². The third-order valence-electron chi connectivity index (χ3n) is 4.62. The summed E-state index contributed by atoms with van der Waals surface area (Å²) in [5, 5.41) is 2.77. The lowest BCUT2D eigenvalue weighted by molar-refractivity contribution is -0.128. The smallest absolute Gasteiger partial charge is 0.240 e. The molecule has 2 rings (SSSR count). The molecule has 0 aromatic heterocycles. The molecular weight excluding hydrogens is 382 g/mol. The Hall–Kier alpha value is -1.97. The van der Waals surface area contributed by atoms with Crippen LogP contribution in [-0.2, 0) is 24.3 Å². The number of likely N-dealkylation sites (tertiary alicyclic amines) is 1. The predicted octanol–water partition coefficient (Wildman–Crippen LogP) is 1.59. The second kappa shape index (κ2) is 10.5. The molecule has 1 aromatic carbocycles. The molecule has 0 saturated carbocycles. The molecule has 2 N–H and O–H groups in total. The van der Waals surface area contributed by atoms with E-state index in [1.54, 1.807) is 24.1 Å². The van der Waals surface area contributed by atoms with Gasteiger partial charge < -0.3 is 15.0 Å². The van der Waals surface area contributed by atoms with Gasteiger partial charge >= 0.3 is 0 Å². The van der Waals surface area contributed by atoms with Gasteiger partial charge in [0.15, 0.2) is 0 Å². The summed E-state index contributed by atoms with van der Waals surface area (Å²) >= 11 is 0. The molecular formula is C19H29N3O5S. The van der Waals surface area contributed by atoms with E-state index in [4.69, 9.17) is 4.74 Å². The van der Waals surface area contributed by atoms with Crippen LogP contribution in [0.5, 0.6) is 0 Å². The number of carbonyl (C=O) groups excluding carboxylic acids is 2. The molecule has 9 heteroatoms. The maximum atomic E-state index is 12.4. The summed E-state index contributed by atoms with van der Waals surface area (Å²) in [6.07, 6.45) is 2.72. The lowest BCUT2D eigenvalue weighted by Crippen LogP contribution is -2.29. The second-order valence-electron chi connectivity index (χ2n) is 6.85. The van der Waals surface area contributed by atoms with E-state index in [0.717, 1.165) is 12.8 Å². The highest BCUT2D eigenvalue weighted by atomic mass is 32.2. The lowest BCUT2D eigenvalue weighted by atomic mass is 10.1. The first-order chi connectivity index (χ1) is 13.4. The highest BCUT2D eigenvalue weighted by Crippen LogP contribution is 2.21. The summed E-state index contributed by atoms with van der Waals surface area (Å²) in [5.41, 5.74) is 0.503. The zero-order valence-electron chi connectivity index (χ0n) is 16.4. The minimum atomic E-state index is -3.59. The largest absolute Gasteiger partial charge is 0.385 e. The minimum Gasteiger partial charge on any atom is -0.385 e. The molecule has 0 spiro atoms. The molecule has 1 aromatic rings. The summed E-state index contributed by atoms with van der Waals surface area (Å²) in [6, 6.07) is 5.99. The number of carbonyl (C=O) groups is 2. The van der Waals surface area contributed by atoms with Crippen molar-refractivity contribution >= 4 is 27.5 Å². The number of unbranched alkanes of at least 4 members (excludes halogenated alkanes) is 1. The SMILES string of the molecule is CCCCN1CC(C(=O)Nc2ccc(S(=O)(=O)NCCCOC)cc2)CC1=O. The van der Waals surface area contributed by atoms with Crippen LogP contribution < -0.4 is 10.0 Å². The standard InChI is InChI=1S/C19H29N3O5S/c1-3-4-11-22-14-15(13-18(22)23)19(24)21-16-6-8-17(9-7-16)28(25,26)20-10-5-12-27-2/h6-9,15,20H,3-5,10-14H2,1-2H3,(H,21,24). The van der Waals surface area contributed by atoms with Gasteiger partial charge in [-0.1, -0.05) is 13.3 Å². The summed E-state index contributed by atoms with van der Waals surface area (Å²) < 4.78 is 31.8. The molecule has 156 valence electrons. The summed E-state index contributed by atoms with van der Waals surface area (Å²) in [6.45, 7) is 3.95. The predicted molar refractivity (Wildman–Crippen MR) is 106 cm³/mol. The van der Waals surface area contributed by atoms with E-state index in [2.05, 4.69) is 17.0 Å². The van der Waals surface area contributed by atoms with Crippen LogP contribution in [0.3, 0.4) is 0 Å². The third kappa shape index (κ3) is 6.29. The van der Waals surface area contributed by atoms with Gasteiger partial charge in [0.05, 0.1) is 10.8 Å². The number of benzene rings is 1. The van der Waals surface area contributed by atoms with E-state index >= 15 is 0 Å². The molecule has 0 aliphatic carbocycles. The van der Waals surface area contributed by atoms with Crippen LogP contribution in [0.1, 0.15) is 32.6 Å². The number of hydrogen-bond acceptors (Lipinski definition) is 5. The highest BCUT2D eigenvalue weighted by molar-refractivity contribution is 7.89. The normalized spacial score (nSPS) is 17.1. The van der Waals surface area contributed by atoms with Gasteiger partial charge in [-0.25, -0.2) is 13.1 Å². The lowest BCUT2D eigenvalue weighted by Gasteiger charge is -2.16. The van der Waals surface area contributed by atoms with Crippen molar-refractivity contribution in [3.05, 3.63) is 24.3 Å². The number of amides is 2. The van der Waals surface area contributed by atoms with E-state index in [-0.39, 0.29) is 29.0 Å². The summed E-state index contributed by atoms with van der Waals surface area (Å²) in [5.74, 6) is -0.592. The minimum absolute atomic E-state index is 0.00888. The number of sulfonamides is 1. The van der Waals surface area contributed by atoms with Crippen molar-refractivity contribution < 1.29 is 22.7 Å². The zero-order chi connectivity index (χ0) is 20.6. The molecule has 0 bridgehead atoms. The van der Waals surface area contributed by atoms with Gasteiger partial charge in [-0.15, -0.1) is 0 Å². The third-order valence-corrected chi connectivity index (χ3v) is 6.09. The Kier molecular flexibility index (Phi) is 8.40. The molecule has 1 fully saturated rings. The molecule has 1 heterocycles. The van der Waals surface area contributed by atoms with Gasteiger partial charge in [-0.2, -0.15) is 0 Å². The Morgan fingerprint density at radius 3 is 2.61 bits per heavy atom. The Balaban J connectivity index is 1.90. The second-order valence-corrected chi connectivity index (χ2v) is 8.62. The van der Waals surface area contributed by atoms with Gasteiger partial charge in [0.2, 0.25) is 21.8 Å². The first kappa shape index (κ1) is 22.3. The Labute approximate surface area is 166 Å². The number of nitrogens with one attached hydrogen (secondary N) is 2. The van der Waals surface area contributed by atoms with Crippen LogP contribution in [0.25, 0.3) is 0 Å². The maximum Gasteiger partial charge on any atom is 0.240 e. The van der Waals surface area contributed by atoms with Crippen molar-refractivity contribution in [2.24, 2.45) is 5.92 Å². The van der Waals surface area contributed by atoms with Crippen molar-refractivity contribution in [1.82, 2.24) is 9.62 Å². The van der Waals surface area contributed by atoms with Crippen molar-refractivity contribution in [3.63, 3.8) is 0 Å². The highest BCUT2D eigenvalue weighted by Gasteiger charge is 2.33. The average Bonchev–Trinajstić information content (AvgIpc) is 3.05. The van der Waals surface area contributed by atoms with Crippen LogP contribution in [0.4, 0.5) is 5.69 Å². The van der Waals surface area contributed by atoms with E-state index in [1.807, 2.05) is 0 Å². The molecule has 1 aliphatic rings. The van der Waals surface area contributed by atoms with Crippen molar-refractivity contribution in [3.8, 4) is 0 Å². The molecule has 0 radical (unpaired) electrons. The fourth-order valence-corrected chi connectivity index (χ4v) is 4.06. The Bertz CT molecular complexity index is 764.